The molecule has 0 heterocycles. The number of aromatic carboxylic acids is 1. The zero-order valence-electron chi connectivity index (χ0n) is 9.46. The van der Waals surface area contributed by atoms with Crippen molar-refractivity contribution in [3.8, 4) is 0 Å². The Morgan fingerprint density at radius 1 is 1.44 bits per heavy atom. The van der Waals surface area contributed by atoms with Gasteiger partial charge in [-0.3, -0.25) is 0 Å². The van der Waals surface area contributed by atoms with Gasteiger partial charge in [-0.15, -0.1) is 0 Å². The van der Waals surface area contributed by atoms with Crippen molar-refractivity contribution in [1.29, 1.82) is 0 Å². The standard InChI is InChI=1S/C12H16FNO2/c1-3-9(4-2)14-11-7-8(13)5-6-10(11)12(15)16/h5-7,9,14H,3-4H2,1-2H3,(H,15,16). The van der Waals surface area contributed by atoms with Crippen LogP contribution in [0.5, 0.6) is 0 Å². The SMILES string of the molecule is CCC(CC)Nc1cc(F)ccc1C(=O)O. The summed E-state index contributed by atoms with van der Waals surface area (Å²) in [6.45, 7) is 4.00. The highest BCUT2D eigenvalue weighted by atomic mass is 19.1. The van der Waals surface area contributed by atoms with E-state index in [1.807, 2.05) is 13.8 Å². The summed E-state index contributed by atoms with van der Waals surface area (Å²) in [5.74, 6) is -1.48. The molecule has 0 saturated carbocycles. The van der Waals surface area contributed by atoms with Crippen molar-refractivity contribution in [2.45, 2.75) is 32.7 Å². The van der Waals surface area contributed by atoms with Gasteiger partial charge in [-0.05, 0) is 31.0 Å². The quantitative estimate of drug-likeness (QED) is 0.809. The van der Waals surface area contributed by atoms with Gasteiger partial charge < -0.3 is 10.4 Å². The van der Waals surface area contributed by atoms with Gasteiger partial charge >= 0.3 is 5.97 Å². The van der Waals surface area contributed by atoms with Gasteiger partial charge in [0.25, 0.3) is 0 Å². The molecule has 0 bridgehead atoms. The Hall–Kier alpha value is -1.58. The molecule has 16 heavy (non-hydrogen) atoms. The molecular weight excluding hydrogens is 209 g/mol. The summed E-state index contributed by atoms with van der Waals surface area (Å²) in [6.07, 6.45) is 1.73. The van der Waals surface area contributed by atoms with Crippen LogP contribution in [0.1, 0.15) is 37.0 Å². The highest BCUT2D eigenvalue weighted by Gasteiger charge is 2.13. The second-order valence-electron chi connectivity index (χ2n) is 3.65. The fraction of sp³-hybridized carbons (Fsp3) is 0.417. The van der Waals surface area contributed by atoms with E-state index in [1.54, 1.807) is 0 Å². The van der Waals surface area contributed by atoms with Crippen LogP contribution in [0.2, 0.25) is 0 Å². The Morgan fingerprint density at radius 2 is 2.06 bits per heavy atom. The molecule has 0 aliphatic heterocycles. The van der Waals surface area contributed by atoms with Gasteiger partial charge in [-0.1, -0.05) is 13.8 Å². The van der Waals surface area contributed by atoms with E-state index in [1.165, 1.54) is 12.1 Å². The lowest BCUT2D eigenvalue weighted by atomic mass is 10.1. The maximum absolute atomic E-state index is 13.0. The van der Waals surface area contributed by atoms with E-state index in [0.717, 1.165) is 18.9 Å². The minimum Gasteiger partial charge on any atom is -0.478 e. The molecule has 1 aromatic rings. The number of carboxylic acid groups (broad SMARTS) is 1. The zero-order valence-corrected chi connectivity index (χ0v) is 9.46. The smallest absolute Gasteiger partial charge is 0.337 e. The molecule has 0 fully saturated rings. The molecule has 0 spiro atoms. The molecule has 4 heteroatoms. The van der Waals surface area contributed by atoms with Crippen LogP contribution in [0, 0.1) is 5.82 Å². The second-order valence-corrected chi connectivity index (χ2v) is 3.65. The van der Waals surface area contributed by atoms with Crippen LogP contribution in [-0.4, -0.2) is 17.1 Å². The molecule has 3 nitrogen and oxygen atoms in total. The molecule has 0 unspecified atom stereocenters. The first-order valence-electron chi connectivity index (χ1n) is 5.37. The third-order valence-corrected chi connectivity index (χ3v) is 2.56. The summed E-state index contributed by atoms with van der Waals surface area (Å²) in [6, 6.07) is 3.82. The molecule has 88 valence electrons. The number of carboxylic acids is 1. The molecule has 1 rings (SSSR count). The minimum atomic E-state index is -1.05. The lowest BCUT2D eigenvalue weighted by Gasteiger charge is -2.17. The fourth-order valence-electron chi connectivity index (χ4n) is 1.54. The third-order valence-electron chi connectivity index (χ3n) is 2.56. The van der Waals surface area contributed by atoms with Crippen molar-refractivity contribution in [2.75, 3.05) is 5.32 Å². The zero-order chi connectivity index (χ0) is 12.1. The lowest BCUT2D eigenvalue weighted by molar-refractivity contribution is 0.0698. The summed E-state index contributed by atoms with van der Waals surface area (Å²) < 4.78 is 13.0. The van der Waals surface area contributed by atoms with Crippen LogP contribution in [0.25, 0.3) is 0 Å². The summed E-state index contributed by atoms with van der Waals surface area (Å²) in [5, 5.41) is 12.0. The Bertz CT molecular complexity index is 375. The molecule has 0 saturated heterocycles. The largest absolute Gasteiger partial charge is 0.478 e. The van der Waals surface area contributed by atoms with Crippen LogP contribution in [0.4, 0.5) is 10.1 Å². The molecule has 0 amide bonds. The normalized spacial score (nSPS) is 10.5. The average Bonchev–Trinajstić information content (AvgIpc) is 2.25. The predicted molar refractivity (Wildman–Crippen MR) is 61.4 cm³/mol. The maximum Gasteiger partial charge on any atom is 0.337 e. The molecular formula is C12H16FNO2. The number of benzene rings is 1. The van der Waals surface area contributed by atoms with Gasteiger partial charge in [-0.25, -0.2) is 9.18 Å². The van der Waals surface area contributed by atoms with Crippen LogP contribution in [-0.2, 0) is 0 Å². The van der Waals surface area contributed by atoms with E-state index in [0.29, 0.717) is 5.69 Å². The van der Waals surface area contributed by atoms with Gasteiger partial charge in [-0.2, -0.15) is 0 Å². The fourth-order valence-corrected chi connectivity index (χ4v) is 1.54. The van der Waals surface area contributed by atoms with E-state index < -0.39 is 11.8 Å². The molecule has 0 atom stereocenters. The highest BCUT2D eigenvalue weighted by molar-refractivity contribution is 5.94. The van der Waals surface area contributed by atoms with Crippen LogP contribution in [0.15, 0.2) is 18.2 Å². The number of rotatable bonds is 5. The van der Waals surface area contributed by atoms with Crippen LogP contribution in [0.3, 0.4) is 0 Å². The Morgan fingerprint density at radius 3 is 2.56 bits per heavy atom. The number of hydrogen-bond donors (Lipinski definition) is 2. The van der Waals surface area contributed by atoms with E-state index in [4.69, 9.17) is 5.11 Å². The molecule has 0 aliphatic carbocycles. The summed E-state index contributed by atoms with van der Waals surface area (Å²) in [4.78, 5) is 10.9. The van der Waals surface area contributed by atoms with Crippen molar-refractivity contribution >= 4 is 11.7 Å². The first-order valence-corrected chi connectivity index (χ1v) is 5.37. The minimum absolute atomic E-state index is 0.105. The van der Waals surface area contributed by atoms with Gasteiger partial charge in [0.2, 0.25) is 0 Å². The molecule has 0 aromatic heterocycles. The topological polar surface area (TPSA) is 49.3 Å². The Labute approximate surface area is 94.3 Å². The summed E-state index contributed by atoms with van der Waals surface area (Å²) in [5.41, 5.74) is 0.453. The summed E-state index contributed by atoms with van der Waals surface area (Å²) >= 11 is 0. The van der Waals surface area contributed by atoms with Crippen molar-refractivity contribution in [2.24, 2.45) is 0 Å². The van der Waals surface area contributed by atoms with Crippen molar-refractivity contribution < 1.29 is 14.3 Å². The summed E-state index contributed by atoms with van der Waals surface area (Å²) in [7, 11) is 0. The lowest BCUT2D eigenvalue weighted by Crippen LogP contribution is -2.19. The van der Waals surface area contributed by atoms with Gasteiger partial charge in [0, 0.05) is 6.04 Å². The molecule has 0 aliphatic rings. The van der Waals surface area contributed by atoms with E-state index in [9.17, 15) is 9.18 Å². The predicted octanol–water partition coefficient (Wildman–Crippen LogP) is 3.12. The Balaban J connectivity index is 3.00. The average molecular weight is 225 g/mol. The van der Waals surface area contributed by atoms with Crippen LogP contribution < -0.4 is 5.32 Å². The first kappa shape index (κ1) is 12.5. The number of halogens is 1. The molecule has 2 N–H and O–H groups in total. The first-order chi connectivity index (χ1) is 7.58. The third kappa shape index (κ3) is 2.95. The monoisotopic (exact) mass is 225 g/mol. The number of nitrogens with one attached hydrogen (secondary N) is 1. The van der Waals surface area contributed by atoms with Crippen molar-refractivity contribution in [1.82, 2.24) is 0 Å². The number of anilines is 1. The van der Waals surface area contributed by atoms with Crippen LogP contribution >= 0.6 is 0 Å². The van der Waals surface area contributed by atoms with Crippen molar-refractivity contribution in [3.63, 3.8) is 0 Å². The maximum atomic E-state index is 13.0. The highest BCUT2D eigenvalue weighted by Crippen LogP contribution is 2.19. The number of carbonyl (C=O) groups is 1. The van der Waals surface area contributed by atoms with E-state index in [2.05, 4.69) is 5.32 Å². The number of hydrogen-bond acceptors (Lipinski definition) is 2. The second kappa shape index (κ2) is 5.49. The Kier molecular flexibility index (Phi) is 4.28. The molecule has 1 aromatic carbocycles. The van der Waals surface area contributed by atoms with Gasteiger partial charge in [0.1, 0.15) is 5.82 Å². The van der Waals surface area contributed by atoms with Gasteiger partial charge in [0.15, 0.2) is 0 Å². The van der Waals surface area contributed by atoms with E-state index >= 15 is 0 Å². The molecule has 0 radical (unpaired) electrons. The van der Waals surface area contributed by atoms with Crippen molar-refractivity contribution in [3.05, 3.63) is 29.6 Å². The van der Waals surface area contributed by atoms with E-state index in [-0.39, 0.29) is 11.6 Å². The van der Waals surface area contributed by atoms with Gasteiger partial charge in [0.05, 0.1) is 11.3 Å².